The Balaban J connectivity index is 2.03. The molecule has 1 heterocycles. The van der Waals surface area contributed by atoms with Crippen LogP contribution in [-0.2, 0) is 4.74 Å². The summed E-state index contributed by atoms with van der Waals surface area (Å²) in [7, 11) is 0. The van der Waals surface area contributed by atoms with Crippen molar-refractivity contribution >= 4 is 6.29 Å². The minimum Gasteiger partial charge on any atom is -0.507 e. The van der Waals surface area contributed by atoms with Gasteiger partial charge in [0.05, 0.1) is 18.8 Å². The van der Waals surface area contributed by atoms with E-state index in [1.807, 2.05) is 0 Å². The fourth-order valence-electron chi connectivity index (χ4n) is 1.68. The Morgan fingerprint density at radius 2 is 2.12 bits per heavy atom. The topological polar surface area (TPSA) is 55.8 Å². The Morgan fingerprint density at radius 3 is 2.75 bits per heavy atom. The number of aromatic hydroxyl groups is 1. The molecule has 1 aliphatic heterocycles. The number of phenols is 1. The van der Waals surface area contributed by atoms with Crippen LogP contribution in [0.1, 0.15) is 23.2 Å². The van der Waals surface area contributed by atoms with Crippen molar-refractivity contribution in [2.75, 3.05) is 13.2 Å². The molecule has 1 aromatic rings. The van der Waals surface area contributed by atoms with Gasteiger partial charge in [-0.15, -0.1) is 0 Å². The zero-order chi connectivity index (χ0) is 11.4. The van der Waals surface area contributed by atoms with Crippen LogP contribution in [0.25, 0.3) is 0 Å². The quantitative estimate of drug-likeness (QED) is 0.792. The van der Waals surface area contributed by atoms with Crippen molar-refractivity contribution in [3.63, 3.8) is 0 Å². The van der Waals surface area contributed by atoms with Crippen molar-refractivity contribution in [1.29, 1.82) is 0 Å². The zero-order valence-corrected chi connectivity index (χ0v) is 8.89. The van der Waals surface area contributed by atoms with Crippen LogP contribution in [0.5, 0.6) is 11.5 Å². The predicted octanol–water partition coefficient (Wildman–Crippen LogP) is 1.76. The third-order valence-electron chi connectivity index (χ3n) is 2.60. The van der Waals surface area contributed by atoms with Gasteiger partial charge in [0.15, 0.2) is 6.29 Å². The first-order valence-electron chi connectivity index (χ1n) is 5.32. The van der Waals surface area contributed by atoms with E-state index in [1.54, 1.807) is 12.1 Å². The number of rotatable bonds is 3. The standard InChI is InChI=1S/C12H14O4/c13-8-9-1-2-11(7-12(9)14)16-10-3-5-15-6-4-10/h1-2,7-8,10,14H,3-6H2. The Morgan fingerprint density at radius 1 is 1.38 bits per heavy atom. The SMILES string of the molecule is O=Cc1ccc(OC2CCOCC2)cc1O. The lowest BCUT2D eigenvalue weighted by atomic mass is 10.1. The summed E-state index contributed by atoms with van der Waals surface area (Å²) in [6, 6.07) is 4.72. The van der Waals surface area contributed by atoms with Gasteiger partial charge in [-0.1, -0.05) is 0 Å². The molecule has 4 nitrogen and oxygen atoms in total. The third kappa shape index (κ3) is 2.52. The summed E-state index contributed by atoms with van der Waals surface area (Å²) in [6.07, 6.45) is 2.47. The summed E-state index contributed by atoms with van der Waals surface area (Å²) in [5, 5.41) is 9.48. The van der Waals surface area contributed by atoms with Gasteiger partial charge in [-0.2, -0.15) is 0 Å². The maximum absolute atomic E-state index is 10.5. The fraction of sp³-hybridized carbons (Fsp3) is 0.417. The molecule has 86 valence electrons. The highest BCUT2D eigenvalue weighted by Gasteiger charge is 2.15. The van der Waals surface area contributed by atoms with Crippen LogP contribution >= 0.6 is 0 Å². The highest BCUT2D eigenvalue weighted by molar-refractivity contribution is 5.79. The molecule has 1 N–H and O–H groups in total. The molecule has 0 spiro atoms. The van der Waals surface area contributed by atoms with Gasteiger partial charge in [-0.05, 0) is 12.1 Å². The average Bonchev–Trinajstić information content (AvgIpc) is 2.31. The van der Waals surface area contributed by atoms with Gasteiger partial charge in [0.2, 0.25) is 0 Å². The first-order chi connectivity index (χ1) is 7.79. The molecule has 0 aromatic heterocycles. The zero-order valence-electron chi connectivity index (χ0n) is 8.89. The first-order valence-corrected chi connectivity index (χ1v) is 5.32. The molecule has 0 saturated carbocycles. The molecule has 0 bridgehead atoms. The van der Waals surface area contributed by atoms with Gasteiger partial charge in [-0.25, -0.2) is 0 Å². The lowest BCUT2D eigenvalue weighted by Gasteiger charge is -2.23. The Labute approximate surface area is 93.8 Å². The van der Waals surface area contributed by atoms with Gasteiger partial charge in [0.25, 0.3) is 0 Å². The van der Waals surface area contributed by atoms with Crippen LogP contribution in [0.2, 0.25) is 0 Å². The van der Waals surface area contributed by atoms with Crippen molar-refractivity contribution < 1.29 is 19.4 Å². The normalized spacial score (nSPS) is 17.0. The van der Waals surface area contributed by atoms with Gasteiger partial charge in [0, 0.05) is 18.9 Å². The summed E-state index contributed by atoms with van der Waals surface area (Å²) >= 11 is 0. The van der Waals surface area contributed by atoms with E-state index in [0.717, 1.165) is 12.8 Å². The summed E-state index contributed by atoms with van der Waals surface area (Å²) in [5.41, 5.74) is 0.277. The van der Waals surface area contributed by atoms with Crippen molar-refractivity contribution in [3.05, 3.63) is 23.8 Å². The minimum absolute atomic E-state index is 0.0421. The van der Waals surface area contributed by atoms with Crippen molar-refractivity contribution in [1.82, 2.24) is 0 Å². The fourth-order valence-corrected chi connectivity index (χ4v) is 1.68. The second-order valence-corrected chi connectivity index (χ2v) is 3.77. The number of benzene rings is 1. The summed E-state index contributed by atoms with van der Waals surface area (Å²) in [6.45, 7) is 1.42. The summed E-state index contributed by atoms with van der Waals surface area (Å²) < 4.78 is 10.9. The molecule has 0 aliphatic carbocycles. The maximum Gasteiger partial charge on any atom is 0.153 e. The van der Waals surface area contributed by atoms with Gasteiger partial charge in [-0.3, -0.25) is 4.79 Å². The smallest absolute Gasteiger partial charge is 0.153 e. The number of ether oxygens (including phenoxy) is 2. The van der Waals surface area contributed by atoms with Crippen LogP contribution in [0.3, 0.4) is 0 Å². The summed E-state index contributed by atoms with van der Waals surface area (Å²) in [5.74, 6) is 0.551. The van der Waals surface area contributed by atoms with E-state index >= 15 is 0 Å². The Hall–Kier alpha value is -1.55. The lowest BCUT2D eigenvalue weighted by molar-refractivity contribution is 0.0255. The monoisotopic (exact) mass is 222 g/mol. The Kier molecular flexibility index (Phi) is 3.41. The van der Waals surface area contributed by atoms with E-state index in [2.05, 4.69) is 0 Å². The second kappa shape index (κ2) is 4.99. The largest absolute Gasteiger partial charge is 0.507 e. The van der Waals surface area contributed by atoms with Gasteiger partial charge >= 0.3 is 0 Å². The predicted molar refractivity (Wildman–Crippen MR) is 58.0 cm³/mol. The number of aldehydes is 1. The van der Waals surface area contributed by atoms with Crippen molar-refractivity contribution in [3.8, 4) is 11.5 Å². The number of carbonyl (C=O) groups excluding carboxylic acids is 1. The lowest BCUT2D eigenvalue weighted by Crippen LogP contribution is -2.25. The molecule has 0 amide bonds. The van der Waals surface area contributed by atoms with E-state index in [0.29, 0.717) is 25.2 Å². The highest BCUT2D eigenvalue weighted by atomic mass is 16.5. The molecule has 2 rings (SSSR count). The summed E-state index contributed by atoms with van der Waals surface area (Å²) in [4.78, 5) is 10.5. The molecular formula is C12H14O4. The van der Waals surface area contributed by atoms with Crippen LogP contribution in [0, 0.1) is 0 Å². The molecule has 16 heavy (non-hydrogen) atoms. The molecule has 1 aromatic carbocycles. The molecule has 1 fully saturated rings. The number of phenolic OH excluding ortho intramolecular Hbond substituents is 1. The Bertz CT molecular complexity index is 369. The maximum atomic E-state index is 10.5. The number of hydrogen-bond donors (Lipinski definition) is 1. The van der Waals surface area contributed by atoms with E-state index < -0.39 is 0 Å². The van der Waals surface area contributed by atoms with Crippen LogP contribution < -0.4 is 4.74 Å². The highest BCUT2D eigenvalue weighted by Crippen LogP contribution is 2.24. The molecular weight excluding hydrogens is 208 g/mol. The van der Waals surface area contributed by atoms with E-state index in [9.17, 15) is 9.90 Å². The van der Waals surface area contributed by atoms with Crippen LogP contribution in [0.4, 0.5) is 0 Å². The van der Waals surface area contributed by atoms with E-state index in [-0.39, 0.29) is 17.4 Å². The van der Waals surface area contributed by atoms with Gasteiger partial charge < -0.3 is 14.6 Å². The van der Waals surface area contributed by atoms with Gasteiger partial charge in [0.1, 0.15) is 17.6 Å². The van der Waals surface area contributed by atoms with Crippen LogP contribution in [0.15, 0.2) is 18.2 Å². The average molecular weight is 222 g/mol. The molecule has 0 radical (unpaired) electrons. The molecule has 4 heteroatoms. The molecule has 0 atom stereocenters. The molecule has 1 aliphatic rings. The van der Waals surface area contributed by atoms with E-state index in [4.69, 9.17) is 9.47 Å². The third-order valence-corrected chi connectivity index (χ3v) is 2.60. The number of carbonyl (C=O) groups is 1. The number of hydrogen-bond acceptors (Lipinski definition) is 4. The molecule has 0 unspecified atom stereocenters. The molecule has 1 saturated heterocycles. The van der Waals surface area contributed by atoms with Crippen LogP contribution in [-0.4, -0.2) is 30.7 Å². The van der Waals surface area contributed by atoms with Crippen molar-refractivity contribution in [2.24, 2.45) is 0 Å². The minimum atomic E-state index is -0.0421. The first kappa shape index (κ1) is 11.0. The van der Waals surface area contributed by atoms with Crippen molar-refractivity contribution in [2.45, 2.75) is 18.9 Å². The second-order valence-electron chi connectivity index (χ2n) is 3.77. The van der Waals surface area contributed by atoms with E-state index in [1.165, 1.54) is 6.07 Å².